The summed E-state index contributed by atoms with van der Waals surface area (Å²) in [6, 6.07) is 17.0. The van der Waals surface area contributed by atoms with Gasteiger partial charge in [-0.25, -0.2) is 9.59 Å². The lowest BCUT2D eigenvalue weighted by Gasteiger charge is -2.18. The first-order valence-electron chi connectivity index (χ1n) is 11.7. The number of aliphatic hydroxyl groups excluding tert-OH is 3. The topological polar surface area (TPSA) is 173 Å². The van der Waals surface area contributed by atoms with Crippen LogP contribution in [0.25, 0.3) is 10.8 Å². The predicted molar refractivity (Wildman–Crippen MR) is 135 cm³/mol. The Hall–Kier alpha value is -3.77. The Bertz CT molecular complexity index is 1170. The van der Waals surface area contributed by atoms with E-state index in [-0.39, 0.29) is 6.61 Å². The molecule has 1 aliphatic rings. The van der Waals surface area contributed by atoms with Gasteiger partial charge in [0.15, 0.2) is 12.2 Å². The van der Waals surface area contributed by atoms with Gasteiger partial charge in [0.05, 0.1) is 6.61 Å². The van der Waals surface area contributed by atoms with Crippen LogP contribution in [0.1, 0.15) is 12.0 Å². The molecule has 2 heterocycles. The van der Waals surface area contributed by atoms with E-state index in [0.29, 0.717) is 12.6 Å². The van der Waals surface area contributed by atoms with Gasteiger partial charge in [-0.3, -0.25) is 9.88 Å². The second-order valence-corrected chi connectivity index (χ2v) is 8.55. The van der Waals surface area contributed by atoms with Gasteiger partial charge < -0.3 is 35.6 Å². The van der Waals surface area contributed by atoms with Crippen LogP contribution in [0.2, 0.25) is 0 Å². The van der Waals surface area contributed by atoms with E-state index in [2.05, 4.69) is 51.6 Å². The Balaban J connectivity index is 0.000000325. The second kappa shape index (κ2) is 13.5. The first kappa shape index (κ1) is 27.8. The molecule has 11 heteroatoms. The standard InChI is InChI=1S/C22H25N3O2.C4H6O6/c26-11-12-27-20-5-1-3-17(13-20)15-25-10-8-19(16-25)24-22-6-2-4-18-14-23-9-7-21(18)22;5-1(3(7)8)2(6)4(9)10/h1-7,9,13-14,19,24,26H,8,10-12,15-16H2;1-2,5-6H,(H,7,8)(H,9,10)/t19-;1-,2-/m11/s1. The SMILES string of the molecule is O=C(O)[C@H](O)[C@@H](O)C(=O)O.OCCOc1cccc(CN2CC[C@@H](Nc3cccc4cnccc34)C2)c1. The highest BCUT2D eigenvalue weighted by molar-refractivity contribution is 5.93. The number of carboxylic acids is 2. The van der Waals surface area contributed by atoms with Crippen LogP contribution in [0.5, 0.6) is 5.75 Å². The number of ether oxygens (including phenoxy) is 1. The van der Waals surface area contributed by atoms with Crippen molar-refractivity contribution in [3.63, 3.8) is 0 Å². The number of nitrogens with one attached hydrogen (secondary N) is 1. The van der Waals surface area contributed by atoms with Gasteiger partial charge in [0.25, 0.3) is 0 Å². The van der Waals surface area contributed by atoms with Crippen LogP contribution in [0.15, 0.2) is 60.9 Å². The van der Waals surface area contributed by atoms with Crippen LogP contribution in [-0.4, -0.2) is 91.9 Å². The molecular formula is C26H31N3O8. The van der Waals surface area contributed by atoms with Crippen molar-refractivity contribution in [1.29, 1.82) is 0 Å². The van der Waals surface area contributed by atoms with Gasteiger partial charge in [-0.1, -0.05) is 24.3 Å². The van der Waals surface area contributed by atoms with Gasteiger partial charge in [0, 0.05) is 54.5 Å². The lowest BCUT2D eigenvalue weighted by Crippen LogP contribution is -2.39. The van der Waals surface area contributed by atoms with Crippen LogP contribution >= 0.6 is 0 Å². The fraction of sp³-hybridized carbons (Fsp3) is 0.346. The van der Waals surface area contributed by atoms with E-state index in [1.165, 1.54) is 16.6 Å². The molecule has 3 atom stereocenters. The van der Waals surface area contributed by atoms with E-state index in [9.17, 15) is 9.59 Å². The summed E-state index contributed by atoms with van der Waals surface area (Å²) in [6.45, 7) is 3.37. The molecule has 0 amide bonds. The van der Waals surface area contributed by atoms with Crippen LogP contribution in [-0.2, 0) is 16.1 Å². The minimum absolute atomic E-state index is 0.0356. The summed E-state index contributed by atoms with van der Waals surface area (Å²) in [5, 5.41) is 47.5. The fourth-order valence-corrected chi connectivity index (χ4v) is 3.99. The maximum Gasteiger partial charge on any atom is 0.335 e. The molecule has 2 aromatic carbocycles. The number of carboxylic acid groups (broad SMARTS) is 2. The van der Waals surface area contributed by atoms with E-state index < -0.39 is 24.1 Å². The van der Waals surface area contributed by atoms with Crippen LogP contribution in [0.3, 0.4) is 0 Å². The number of anilines is 1. The van der Waals surface area contributed by atoms with Gasteiger partial charge in [0.2, 0.25) is 0 Å². The zero-order valence-corrected chi connectivity index (χ0v) is 20.1. The zero-order valence-electron chi connectivity index (χ0n) is 20.1. The quantitative estimate of drug-likeness (QED) is 0.230. The van der Waals surface area contributed by atoms with Gasteiger partial charge >= 0.3 is 11.9 Å². The summed E-state index contributed by atoms with van der Waals surface area (Å²) >= 11 is 0. The maximum atomic E-state index is 9.77. The summed E-state index contributed by atoms with van der Waals surface area (Å²) < 4.78 is 5.52. The molecular weight excluding hydrogens is 482 g/mol. The molecule has 1 aliphatic heterocycles. The first-order chi connectivity index (χ1) is 17.8. The van der Waals surface area contributed by atoms with Gasteiger partial charge in [-0.15, -0.1) is 0 Å². The molecule has 0 spiro atoms. The number of fused-ring (bicyclic) bond motifs is 1. The van der Waals surface area contributed by atoms with Crippen molar-refractivity contribution >= 4 is 28.4 Å². The Morgan fingerprint density at radius 3 is 2.51 bits per heavy atom. The lowest BCUT2D eigenvalue weighted by atomic mass is 10.1. The molecule has 0 bridgehead atoms. The van der Waals surface area contributed by atoms with Gasteiger partial charge in [-0.05, 0) is 36.2 Å². The number of hydrogen-bond acceptors (Lipinski definition) is 9. The molecule has 1 fully saturated rings. The second-order valence-electron chi connectivity index (χ2n) is 8.55. The maximum absolute atomic E-state index is 9.77. The van der Waals surface area contributed by atoms with Crippen molar-refractivity contribution in [2.75, 3.05) is 31.6 Å². The Kier molecular flexibility index (Phi) is 10.2. The molecule has 198 valence electrons. The zero-order chi connectivity index (χ0) is 26.8. The average Bonchev–Trinajstić information content (AvgIpc) is 3.33. The predicted octanol–water partition coefficient (Wildman–Crippen LogP) is 1.17. The van der Waals surface area contributed by atoms with Crippen LogP contribution < -0.4 is 10.1 Å². The molecule has 11 nitrogen and oxygen atoms in total. The third kappa shape index (κ3) is 8.12. The fourth-order valence-electron chi connectivity index (χ4n) is 3.99. The lowest BCUT2D eigenvalue weighted by molar-refractivity contribution is -0.165. The number of aromatic nitrogens is 1. The molecule has 0 unspecified atom stereocenters. The minimum Gasteiger partial charge on any atom is -0.491 e. The molecule has 6 N–H and O–H groups in total. The van der Waals surface area contributed by atoms with E-state index in [1.54, 1.807) is 0 Å². The highest BCUT2D eigenvalue weighted by atomic mass is 16.5. The molecule has 37 heavy (non-hydrogen) atoms. The van der Waals surface area contributed by atoms with Crippen molar-refractivity contribution in [3.05, 3.63) is 66.5 Å². The van der Waals surface area contributed by atoms with Crippen LogP contribution in [0, 0.1) is 0 Å². The van der Waals surface area contributed by atoms with Gasteiger partial charge in [0.1, 0.15) is 12.4 Å². The third-order valence-electron chi connectivity index (χ3n) is 5.78. The van der Waals surface area contributed by atoms with E-state index in [4.69, 9.17) is 30.3 Å². The number of benzene rings is 2. The monoisotopic (exact) mass is 513 g/mol. The van der Waals surface area contributed by atoms with Crippen molar-refractivity contribution < 1.29 is 39.9 Å². The highest BCUT2D eigenvalue weighted by Gasteiger charge is 2.29. The number of nitrogens with zero attached hydrogens (tertiary/aromatic N) is 2. The third-order valence-corrected chi connectivity index (χ3v) is 5.78. The number of aliphatic carboxylic acids is 2. The number of rotatable bonds is 10. The Morgan fingerprint density at radius 1 is 1.08 bits per heavy atom. The minimum atomic E-state index is -2.27. The summed E-state index contributed by atoms with van der Waals surface area (Å²) in [5.41, 5.74) is 2.42. The number of pyridine rings is 1. The largest absolute Gasteiger partial charge is 0.491 e. The van der Waals surface area contributed by atoms with Crippen molar-refractivity contribution in [3.8, 4) is 5.75 Å². The Morgan fingerprint density at radius 2 is 1.81 bits per heavy atom. The van der Waals surface area contributed by atoms with Crippen molar-refractivity contribution in [2.45, 2.75) is 31.2 Å². The van der Waals surface area contributed by atoms with E-state index >= 15 is 0 Å². The molecule has 0 saturated carbocycles. The average molecular weight is 514 g/mol. The van der Waals surface area contributed by atoms with E-state index in [0.717, 1.165) is 37.2 Å². The Labute approximate surface area is 213 Å². The van der Waals surface area contributed by atoms with Crippen LogP contribution in [0.4, 0.5) is 5.69 Å². The number of hydrogen-bond donors (Lipinski definition) is 6. The normalized spacial score (nSPS) is 16.9. The summed E-state index contributed by atoms with van der Waals surface area (Å²) in [7, 11) is 0. The summed E-state index contributed by atoms with van der Waals surface area (Å²) in [4.78, 5) is 26.2. The number of carbonyl (C=O) groups is 2. The summed E-state index contributed by atoms with van der Waals surface area (Å²) in [6.07, 6.45) is 0.352. The first-order valence-corrected chi connectivity index (χ1v) is 11.7. The molecule has 4 rings (SSSR count). The molecule has 1 saturated heterocycles. The smallest absolute Gasteiger partial charge is 0.335 e. The summed E-state index contributed by atoms with van der Waals surface area (Å²) in [5.74, 6) is -2.72. The molecule has 0 radical (unpaired) electrons. The number of aliphatic hydroxyl groups is 3. The number of likely N-dealkylation sites (tertiary alicyclic amines) is 1. The van der Waals surface area contributed by atoms with Crippen molar-refractivity contribution in [2.24, 2.45) is 0 Å². The molecule has 3 aromatic rings. The van der Waals surface area contributed by atoms with Gasteiger partial charge in [-0.2, -0.15) is 0 Å². The van der Waals surface area contributed by atoms with Crippen molar-refractivity contribution in [1.82, 2.24) is 9.88 Å². The molecule has 0 aliphatic carbocycles. The highest BCUT2D eigenvalue weighted by Crippen LogP contribution is 2.25. The molecule has 1 aromatic heterocycles. The van der Waals surface area contributed by atoms with E-state index in [1.807, 2.05) is 24.5 Å².